The lowest BCUT2D eigenvalue weighted by Gasteiger charge is -2.32. The van der Waals surface area contributed by atoms with E-state index in [2.05, 4.69) is 61.0 Å². The summed E-state index contributed by atoms with van der Waals surface area (Å²) < 4.78 is 5.23. The highest BCUT2D eigenvalue weighted by Gasteiger charge is 2.19. The standard InChI is InChI=1S/C17H28N2O/c1-5-11-19(12-13-20-4)17(14-18-15(2)3)16-9-7-6-8-10-16/h5-10,15,17-18H,1,11-14H2,2-4H3. The number of hydrogen-bond donors (Lipinski definition) is 1. The number of hydrogen-bond acceptors (Lipinski definition) is 3. The van der Waals surface area contributed by atoms with Gasteiger partial charge in [0.25, 0.3) is 0 Å². The number of ether oxygens (including phenoxy) is 1. The minimum atomic E-state index is 0.340. The maximum absolute atomic E-state index is 5.23. The third kappa shape index (κ3) is 5.87. The summed E-state index contributed by atoms with van der Waals surface area (Å²) in [6.07, 6.45) is 1.96. The molecular weight excluding hydrogens is 248 g/mol. The van der Waals surface area contributed by atoms with Gasteiger partial charge in [-0.05, 0) is 5.56 Å². The highest BCUT2D eigenvalue weighted by atomic mass is 16.5. The van der Waals surface area contributed by atoms with Gasteiger partial charge in [-0.15, -0.1) is 6.58 Å². The minimum absolute atomic E-state index is 0.340. The van der Waals surface area contributed by atoms with E-state index in [1.807, 2.05) is 6.08 Å². The zero-order chi connectivity index (χ0) is 14.8. The van der Waals surface area contributed by atoms with Crippen molar-refractivity contribution in [2.24, 2.45) is 0 Å². The maximum Gasteiger partial charge on any atom is 0.0590 e. The molecule has 3 nitrogen and oxygen atoms in total. The molecule has 3 heteroatoms. The summed E-state index contributed by atoms with van der Waals surface area (Å²) in [6, 6.07) is 11.5. The Morgan fingerprint density at radius 1 is 1.30 bits per heavy atom. The fourth-order valence-corrected chi connectivity index (χ4v) is 2.23. The van der Waals surface area contributed by atoms with E-state index >= 15 is 0 Å². The van der Waals surface area contributed by atoms with Gasteiger partial charge in [0.05, 0.1) is 6.61 Å². The van der Waals surface area contributed by atoms with Crippen LogP contribution in [0.15, 0.2) is 43.0 Å². The van der Waals surface area contributed by atoms with Crippen molar-refractivity contribution in [3.05, 3.63) is 48.6 Å². The number of benzene rings is 1. The third-order valence-electron chi connectivity index (χ3n) is 3.29. The summed E-state index contributed by atoms with van der Waals surface area (Å²) in [5.74, 6) is 0. The second-order valence-corrected chi connectivity index (χ2v) is 5.27. The van der Waals surface area contributed by atoms with Crippen LogP contribution in [0, 0.1) is 0 Å². The van der Waals surface area contributed by atoms with Crippen LogP contribution in [0.5, 0.6) is 0 Å². The molecule has 1 N–H and O–H groups in total. The van der Waals surface area contributed by atoms with E-state index < -0.39 is 0 Å². The van der Waals surface area contributed by atoms with Crippen molar-refractivity contribution in [3.8, 4) is 0 Å². The fourth-order valence-electron chi connectivity index (χ4n) is 2.23. The quantitative estimate of drug-likeness (QED) is 0.665. The first-order valence-corrected chi connectivity index (χ1v) is 7.31. The summed E-state index contributed by atoms with van der Waals surface area (Å²) in [5.41, 5.74) is 1.33. The number of rotatable bonds is 10. The van der Waals surface area contributed by atoms with Crippen LogP contribution in [-0.4, -0.2) is 44.3 Å². The Morgan fingerprint density at radius 2 is 2.00 bits per heavy atom. The van der Waals surface area contributed by atoms with Crippen LogP contribution >= 0.6 is 0 Å². The molecule has 0 aliphatic carbocycles. The fraction of sp³-hybridized carbons (Fsp3) is 0.529. The van der Waals surface area contributed by atoms with Crippen LogP contribution in [0.25, 0.3) is 0 Å². The lowest BCUT2D eigenvalue weighted by molar-refractivity contribution is 0.126. The minimum Gasteiger partial charge on any atom is -0.383 e. The van der Waals surface area contributed by atoms with Gasteiger partial charge in [0.2, 0.25) is 0 Å². The smallest absolute Gasteiger partial charge is 0.0590 e. The second-order valence-electron chi connectivity index (χ2n) is 5.27. The molecule has 1 aromatic carbocycles. The van der Waals surface area contributed by atoms with Crippen molar-refractivity contribution >= 4 is 0 Å². The molecule has 1 atom stereocenters. The van der Waals surface area contributed by atoms with Crippen molar-refractivity contribution < 1.29 is 4.74 Å². The molecule has 1 rings (SSSR count). The Hall–Kier alpha value is -1.16. The van der Waals surface area contributed by atoms with Gasteiger partial charge >= 0.3 is 0 Å². The summed E-state index contributed by atoms with van der Waals surface area (Å²) >= 11 is 0. The van der Waals surface area contributed by atoms with E-state index in [0.29, 0.717) is 12.1 Å². The highest BCUT2D eigenvalue weighted by Crippen LogP contribution is 2.20. The van der Waals surface area contributed by atoms with Crippen molar-refractivity contribution in [1.82, 2.24) is 10.2 Å². The van der Waals surface area contributed by atoms with E-state index in [1.165, 1.54) is 5.56 Å². The Balaban J connectivity index is 2.84. The van der Waals surface area contributed by atoms with Gasteiger partial charge in [0, 0.05) is 38.8 Å². The molecule has 0 aliphatic heterocycles. The molecule has 0 amide bonds. The van der Waals surface area contributed by atoms with Gasteiger partial charge in [-0.1, -0.05) is 50.3 Å². The van der Waals surface area contributed by atoms with Crippen LogP contribution in [-0.2, 0) is 4.74 Å². The van der Waals surface area contributed by atoms with Gasteiger partial charge in [-0.25, -0.2) is 0 Å². The molecule has 112 valence electrons. The first-order valence-electron chi connectivity index (χ1n) is 7.31. The molecule has 0 saturated carbocycles. The van der Waals surface area contributed by atoms with Gasteiger partial charge < -0.3 is 10.1 Å². The Bertz CT molecular complexity index is 365. The van der Waals surface area contributed by atoms with Crippen molar-refractivity contribution in [1.29, 1.82) is 0 Å². The van der Waals surface area contributed by atoms with Crippen molar-refractivity contribution in [3.63, 3.8) is 0 Å². The van der Waals surface area contributed by atoms with Crippen LogP contribution in [0.4, 0.5) is 0 Å². The van der Waals surface area contributed by atoms with Crippen LogP contribution in [0.3, 0.4) is 0 Å². The average Bonchev–Trinajstić information content (AvgIpc) is 2.45. The zero-order valence-electron chi connectivity index (χ0n) is 13.0. The lowest BCUT2D eigenvalue weighted by atomic mass is 10.0. The summed E-state index contributed by atoms with van der Waals surface area (Å²) in [6.45, 7) is 11.7. The normalized spacial score (nSPS) is 12.8. The van der Waals surface area contributed by atoms with E-state index in [1.54, 1.807) is 7.11 Å². The monoisotopic (exact) mass is 276 g/mol. The van der Waals surface area contributed by atoms with E-state index in [9.17, 15) is 0 Å². The largest absolute Gasteiger partial charge is 0.383 e. The van der Waals surface area contributed by atoms with E-state index in [0.717, 1.165) is 26.2 Å². The van der Waals surface area contributed by atoms with E-state index in [-0.39, 0.29) is 0 Å². The first kappa shape index (κ1) is 16.9. The van der Waals surface area contributed by atoms with E-state index in [4.69, 9.17) is 4.74 Å². The molecule has 0 aliphatic rings. The summed E-state index contributed by atoms with van der Waals surface area (Å²) in [7, 11) is 1.75. The molecule has 0 heterocycles. The molecule has 1 aromatic rings. The molecule has 0 radical (unpaired) electrons. The van der Waals surface area contributed by atoms with Crippen LogP contribution < -0.4 is 5.32 Å². The lowest BCUT2D eigenvalue weighted by Crippen LogP contribution is -2.39. The SMILES string of the molecule is C=CCN(CCOC)C(CNC(C)C)c1ccccc1. The van der Waals surface area contributed by atoms with Gasteiger partial charge in [0.15, 0.2) is 0 Å². The molecule has 0 saturated heterocycles. The molecule has 0 spiro atoms. The molecule has 0 bridgehead atoms. The third-order valence-corrected chi connectivity index (χ3v) is 3.29. The van der Waals surface area contributed by atoms with Crippen molar-refractivity contribution in [2.45, 2.75) is 25.9 Å². The Labute approximate surface area is 123 Å². The maximum atomic E-state index is 5.23. The molecule has 1 unspecified atom stereocenters. The summed E-state index contributed by atoms with van der Waals surface area (Å²) in [4.78, 5) is 2.40. The van der Waals surface area contributed by atoms with Gasteiger partial charge in [0.1, 0.15) is 0 Å². The second kappa shape index (κ2) is 9.70. The van der Waals surface area contributed by atoms with Crippen molar-refractivity contribution in [2.75, 3.05) is 33.4 Å². The zero-order valence-corrected chi connectivity index (χ0v) is 13.0. The van der Waals surface area contributed by atoms with Crippen LogP contribution in [0.2, 0.25) is 0 Å². The number of nitrogens with one attached hydrogen (secondary N) is 1. The predicted octanol–water partition coefficient (Wildman–Crippen LogP) is 2.86. The molecule has 20 heavy (non-hydrogen) atoms. The van der Waals surface area contributed by atoms with Crippen LogP contribution in [0.1, 0.15) is 25.5 Å². The molecule has 0 fully saturated rings. The Morgan fingerprint density at radius 3 is 2.55 bits per heavy atom. The average molecular weight is 276 g/mol. The summed E-state index contributed by atoms with van der Waals surface area (Å²) in [5, 5.41) is 3.54. The van der Waals surface area contributed by atoms with Gasteiger partial charge in [-0.3, -0.25) is 4.90 Å². The first-order chi connectivity index (χ1) is 9.69. The molecular formula is C17H28N2O. The topological polar surface area (TPSA) is 24.5 Å². The number of nitrogens with zero attached hydrogens (tertiary/aromatic N) is 1. The highest BCUT2D eigenvalue weighted by molar-refractivity contribution is 5.19. The number of methoxy groups -OCH3 is 1. The van der Waals surface area contributed by atoms with Gasteiger partial charge in [-0.2, -0.15) is 0 Å². The molecule has 0 aromatic heterocycles. The Kier molecular flexibility index (Phi) is 8.19. The predicted molar refractivity (Wildman–Crippen MR) is 86.0 cm³/mol.